The molecule has 0 aromatic heterocycles. The van der Waals surface area contributed by atoms with E-state index in [-0.39, 0.29) is 30.2 Å². The molecule has 3 nitrogen and oxygen atoms in total. The molecule has 1 fully saturated rings. The Morgan fingerprint density at radius 1 is 1.33 bits per heavy atom. The lowest BCUT2D eigenvalue weighted by atomic mass is 9.81. The Balaban J connectivity index is 0.00000162. The number of ether oxygens (including phenoxy) is 1. The number of nitrogens with one attached hydrogen (secondary N) is 1. The van der Waals surface area contributed by atoms with Gasteiger partial charge in [-0.1, -0.05) is 29.8 Å². The molecule has 0 saturated carbocycles. The lowest BCUT2D eigenvalue weighted by molar-refractivity contribution is -0.147. The molecular weight excluding hydrogens is 250 g/mol. The minimum absolute atomic E-state index is 0. The van der Waals surface area contributed by atoms with Crippen LogP contribution in [0, 0.1) is 12.8 Å². The molecule has 0 spiro atoms. The third-order valence-electron chi connectivity index (χ3n) is 3.49. The van der Waals surface area contributed by atoms with Crippen LogP contribution < -0.4 is 5.32 Å². The van der Waals surface area contributed by atoms with Crippen LogP contribution >= 0.6 is 12.4 Å². The molecule has 0 aliphatic carbocycles. The molecule has 0 radical (unpaired) electrons. The molecule has 1 saturated heterocycles. The van der Waals surface area contributed by atoms with Crippen LogP contribution in [-0.4, -0.2) is 26.2 Å². The number of hydrogen-bond donors (Lipinski definition) is 1. The van der Waals surface area contributed by atoms with Crippen molar-refractivity contribution in [3.8, 4) is 0 Å². The summed E-state index contributed by atoms with van der Waals surface area (Å²) in [5.74, 6) is 0.137. The molecule has 0 amide bonds. The van der Waals surface area contributed by atoms with Crippen molar-refractivity contribution in [2.75, 3.05) is 20.2 Å². The van der Waals surface area contributed by atoms with Gasteiger partial charge in [0, 0.05) is 12.5 Å². The first-order valence-electron chi connectivity index (χ1n) is 6.07. The van der Waals surface area contributed by atoms with Crippen LogP contribution in [0.15, 0.2) is 24.3 Å². The number of carbonyl (C=O) groups is 1. The molecule has 2 unspecified atom stereocenters. The topological polar surface area (TPSA) is 38.3 Å². The number of esters is 1. The number of methoxy groups -OCH3 is 1. The van der Waals surface area contributed by atoms with Crippen LogP contribution in [0.25, 0.3) is 0 Å². The lowest BCUT2D eigenvalue weighted by Crippen LogP contribution is -2.39. The molecular formula is C14H20ClNO2. The summed E-state index contributed by atoms with van der Waals surface area (Å²) in [6, 6.07) is 8.42. The summed E-state index contributed by atoms with van der Waals surface area (Å²) in [5, 5.41) is 3.35. The molecule has 1 aliphatic rings. The van der Waals surface area contributed by atoms with E-state index < -0.39 is 0 Å². The zero-order chi connectivity index (χ0) is 12.3. The van der Waals surface area contributed by atoms with E-state index in [2.05, 4.69) is 36.5 Å². The Bertz CT molecular complexity index is 391. The zero-order valence-corrected chi connectivity index (χ0v) is 11.6. The molecule has 0 bridgehead atoms. The van der Waals surface area contributed by atoms with Crippen molar-refractivity contribution in [1.82, 2.24) is 5.32 Å². The number of hydrogen-bond acceptors (Lipinski definition) is 3. The van der Waals surface area contributed by atoms with Crippen molar-refractivity contribution >= 4 is 18.4 Å². The molecule has 18 heavy (non-hydrogen) atoms. The third kappa shape index (κ3) is 3.24. The Morgan fingerprint density at radius 2 is 2.00 bits per heavy atom. The minimum atomic E-state index is -0.0860. The van der Waals surface area contributed by atoms with Gasteiger partial charge in [0.2, 0.25) is 0 Å². The smallest absolute Gasteiger partial charge is 0.309 e. The van der Waals surface area contributed by atoms with E-state index in [4.69, 9.17) is 4.74 Å². The molecule has 1 heterocycles. The highest BCUT2D eigenvalue weighted by Crippen LogP contribution is 2.30. The van der Waals surface area contributed by atoms with Gasteiger partial charge in [0.15, 0.2) is 0 Å². The Kier molecular flexibility index (Phi) is 5.63. The SMILES string of the molecule is COC(=O)C1CCNCC1c1ccc(C)cc1.Cl. The van der Waals surface area contributed by atoms with Gasteiger partial charge < -0.3 is 10.1 Å². The summed E-state index contributed by atoms with van der Waals surface area (Å²) in [5.41, 5.74) is 2.46. The largest absolute Gasteiger partial charge is 0.469 e. The van der Waals surface area contributed by atoms with Crippen molar-refractivity contribution in [2.45, 2.75) is 19.3 Å². The van der Waals surface area contributed by atoms with Gasteiger partial charge in [-0.05, 0) is 25.5 Å². The van der Waals surface area contributed by atoms with Crippen LogP contribution in [0.5, 0.6) is 0 Å². The summed E-state index contributed by atoms with van der Waals surface area (Å²) in [7, 11) is 1.47. The van der Waals surface area contributed by atoms with Crippen LogP contribution in [0.1, 0.15) is 23.5 Å². The van der Waals surface area contributed by atoms with Gasteiger partial charge in [-0.25, -0.2) is 0 Å². The second-order valence-corrected chi connectivity index (χ2v) is 4.64. The fourth-order valence-corrected chi connectivity index (χ4v) is 2.46. The highest BCUT2D eigenvalue weighted by atomic mass is 35.5. The number of benzene rings is 1. The van der Waals surface area contributed by atoms with Gasteiger partial charge in [-0.3, -0.25) is 4.79 Å². The predicted octanol–water partition coefficient (Wildman–Crippen LogP) is 2.28. The van der Waals surface area contributed by atoms with Gasteiger partial charge >= 0.3 is 5.97 Å². The molecule has 1 aromatic rings. The summed E-state index contributed by atoms with van der Waals surface area (Å²) in [6.07, 6.45) is 0.852. The maximum atomic E-state index is 11.8. The molecule has 1 aromatic carbocycles. The van der Waals surface area contributed by atoms with E-state index in [1.807, 2.05) is 0 Å². The van der Waals surface area contributed by atoms with Gasteiger partial charge in [-0.2, -0.15) is 0 Å². The van der Waals surface area contributed by atoms with Crippen LogP contribution in [0.3, 0.4) is 0 Å². The average Bonchev–Trinajstić information content (AvgIpc) is 2.39. The lowest BCUT2D eigenvalue weighted by Gasteiger charge is -2.30. The summed E-state index contributed by atoms with van der Waals surface area (Å²) in [6.45, 7) is 3.81. The van der Waals surface area contributed by atoms with E-state index in [1.165, 1.54) is 18.2 Å². The van der Waals surface area contributed by atoms with E-state index in [0.717, 1.165) is 19.5 Å². The van der Waals surface area contributed by atoms with E-state index in [1.54, 1.807) is 0 Å². The summed E-state index contributed by atoms with van der Waals surface area (Å²) < 4.78 is 4.90. The fraction of sp³-hybridized carbons (Fsp3) is 0.500. The number of halogens is 1. The normalized spacial score (nSPS) is 23.0. The highest BCUT2D eigenvalue weighted by Gasteiger charge is 2.32. The number of rotatable bonds is 2. The van der Waals surface area contributed by atoms with Crippen LogP contribution in [-0.2, 0) is 9.53 Å². The number of aryl methyl sites for hydroxylation is 1. The first-order valence-corrected chi connectivity index (χ1v) is 6.07. The molecule has 1 aliphatic heterocycles. The van der Waals surface area contributed by atoms with E-state index in [0.29, 0.717) is 0 Å². The zero-order valence-electron chi connectivity index (χ0n) is 10.8. The van der Waals surface area contributed by atoms with Gasteiger partial charge in [0.05, 0.1) is 13.0 Å². The number of carbonyl (C=O) groups excluding carboxylic acids is 1. The fourth-order valence-electron chi connectivity index (χ4n) is 2.46. The molecule has 2 atom stereocenters. The average molecular weight is 270 g/mol. The minimum Gasteiger partial charge on any atom is -0.469 e. The second-order valence-electron chi connectivity index (χ2n) is 4.64. The third-order valence-corrected chi connectivity index (χ3v) is 3.49. The highest BCUT2D eigenvalue weighted by molar-refractivity contribution is 5.85. The van der Waals surface area contributed by atoms with Crippen molar-refractivity contribution < 1.29 is 9.53 Å². The quantitative estimate of drug-likeness (QED) is 0.837. The monoisotopic (exact) mass is 269 g/mol. The maximum absolute atomic E-state index is 11.8. The van der Waals surface area contributed by atoms with Crippen LogP contribution in [0.4, 0.5) is 0 Å². The molecule has 100 valence electrons. The first kappa shape index (κ1) is 15.0. The van der Waals surface area contributed by atoms with Gasteiger partial charge in [-0.15, -0.1) is 12.4 Å². The van der Waals surface area contributed by atoms with Crippen molar-refractivity contribution in [1.29, 1.82) is 0 Å². The first-order chi connectivity index (χ1) is 8.22. The van der Waals surface area contributed by atoms with E-state index >= 15 is 0 Å². The van der Waals surface area contributed by atoms with Crippen molar-refractivity contribution in [3.05, 3.63) is 35.4 Å². The molecule has 4 heteroatoms. The Hall–Kier alpha value is -1.06. The summed E-state index contributed by atoms with van der Waals surface area (Å²) in [4.78, 5) is 11.8. The van der Waals surface area contributed by atoms with Gasteiger partial charge in [0.25, 0.3) is 0 Å². The van der Waals surface area contributed by atoms with Crippen LogP contribution in [0.2, 0.25) is 0 Å². The van der Waals surface area contributed by atoms with E-state index in [9.17, 15) is 4.79 Å². The standard InChI is InChI=1S/C14H19NO2.ClH/c1-10-3-5-11(6-4-10)13-9-15-8-7-12(13)14(16)17-2;/h3-6,12-13,15H,7-9H2,1-2H3;1H. The number of piperidine rings is 1. The van der Waals surface area contributed by atoms with Gasteiger partial charge in [0.1, 0.15) is 0 Å². The van der Waals surface area contributed by atoms with Crippen molar-refractivity contribution in [2.24, 2.45) is 5.92 Å². The van der Waals surface area contributed by atoms with Crippen molar-refractivity contribution in [3.63, 3.8) is 0 Å². The molecule has 1 N–H and O–H groups in total. The molecule has 2 rings (SSSR count). The second kappa shape index (κ2) is 6.76. The predicted molar refractivity (Wildman–Crippen MR) is 74.2 cm³/mol. The Morgan fingerprint density at radius 3 is 2.61 bits per heavy atom. The summed E-state index contributed by atoms with van der Waals surface area (Å²) >= 11 is 0. The maximum Gasteiger partial charge on any atom is 0.309 e. The Labute approximate surface area is 114 Å².